The van der Waals surface area contributed by atoms with E-state index in [-0.39, 0.29) is 0 Å². The van der Waals surface area contributed by atoms with Gasteiger partial charge in [0, 0.05) is 29.5 Å². The molecule has 3 aromatic rings. The van der Waals surface area contributed by atoms with Crippen molar-refractivity contribution in [3.05, 3.63) is 54.0 Å². The number of carbonyl (C=O) groups is 1. The minimum atomic E-state index is -4.68. The second-order valence-electron chi connectivity index (χ2n) is 4.95. The maximum Gasteiger partial charge on any atom is 0.418 e. The molecule has 0 unspecified atom stereocenters. The molecule has 0 fully saturated rings. The summed E-state index contributed by atoms with van der Waals surface area (Å²) in [7, 11) is 1.41. The highest BCUT2D eigenvalue weighted by molar-refractivity contribution is 6.11. The summed E-state index contributed by atoms with van der Waals surface area (Å²) in [5, 5.41) is 3.14. The normalized spacial score (nSPS) is 11.5. The second kappa shape index (κ2) is 5.88. The van der Waals surface area contributed by atoms with Gasteiger partial charge in [0.25, 0.3) is 5.91 Å². The number of halogens is 3. The van der Waals surface area contributed by atoms with E-state index in [9.17, 15) is 18.0 Å². The fourth-order valence-electron chi connectivity index (χ4n) is 2.41. The van der Waals surface area contributed by atoms with Crippen molar-refractivity contribution in [3.63, 3.8) is 0 Å². The van der Waals surface area contributed by atoms with Gasteiger partial charge in [-0.25, -0.2) is 0 Å². The number of nitrogens with one attached hydrogen (secondary N) is 2. The zero-order chi connectivity index (χ0) is 17.3. The molecule has 0 spiro atoms. The number of hydrogen-bond donors (Lipinski definition) is 2. The van der Waals surface area contributed by atoms with Crippen LogP contribution in [0.25, 0.3) is 10.9 Å². The molecule has 0 aliphatic rings. The summed E-state index contributed by atoms with van der Waals surface area (Å²) < 4.78 is 44.3. The van der Waals surface area contributed by atoms with Crippen molar-refractivity contribution in [3.8, 4) is 5.75 Å². The van der Waals surface area contributed by atoms with Crippen molar-refractivity contribution in [1.29, 1.82) is 0 Å². The monoisotopic (exact) mass is 335 g/mol. The first-order valence-corrected chi connectivity index (χ1v) is 6.88. The number of aromatic nitrogens is 2. The Morgan fingerprint density at radius 2 is 2.04 bits per heavy atom. The molecule has 0 aliphatic carbocycles. The first kappa shape index (κ1) is 15.9. The number of rotatable bonds is 3. The number of fused-ring (bicyclic) bond motifs is 1. The lowest BCUT2D eigenvalue weighted by Gasteiger charge is -2.14. The second-order valence-corrected chi connectivity index (χ2v) is 4.95. The van der Waals surface area contributed by atoms with Crippen LogP contribution in [0.2, 0.25) is 0 Å². The molecule has 0 bridgehead atoms. The predicted octanol–water partition coefficient (Wildman–Crippen LogP) is 3.84. The number of methoxy groups -OCH3 is 1. The molecule has 1 amide bonds. The zero-order valence-corrected chi connectivity index (χ0v) is 12.4. The first-order valence-electron chi connectivity index (χ1n) is 6.88. The first-order chi connectivity index (χ1) is 11.4. The molecular weight excluding hydrogens is 323 g/mol. The van der Waals surface area contributed by atoms with E-state index in [1.165, 1.54) is 7.11 Å². The van der Waals surface area contributed by atoms with E-state index < -0.39 is 23.2 Å². The van der Waals surface area contributed by atoms with Gasteiger partial charge in [0.2, 0.25) is 0 Å². The molecule has 0 saturated carbocycles. The molecule has 5 nitrogen and oxygen atoms in total. The lowest BCUT2D eigenvalue weighted by Crippen LogP contribution is -2.19. The third-order valence-corrected chi connectivity index (χ3v) is 3.53. The number of anilines is 1. The maximum absolute atomic E-state index is 13.0. The number of ether oxygens (including phenoxy) is 1. The van der Waals surface area contributed by atoms with Crippen molar-refractivity contribution in [2.24, 2.45) is 0 Å². The van der Waals surface area contributed by atoms with E-state index in [1.54, 1.807) is 24.4 Å². The fraction of sp³-hybridized carbons (Fsp3) is 0.125. The Bertz CT molecular complexity index is 903. The number of benzene rings is 1. The van der Waals surface area contributed by atoms with Crippen LogP contribution in [0.15, 0.2) is 42.9 Å². The number of nitrogens with zero attached hydrogens (tertiary/aromatic N) is 1. The standard InChI is InChI=1S/C16H12F3N3O2/c1-24-13-3-2-12-10(5-7-21-12)14(13)22-15(23)9-4-6-20-8-11(9)16(17,18)19/h2-8,21H,1H3,(H,22,23). The lowest BCUT2D eigenvalue weighted by atomic mass is 10.1. The molecule has 3 rings (SSSR count). The molecule has 0 aliphatic heterocycles. The maximum atomic E-state index is 13.0. The highest BCUT2D eigenvalue weighted by Crippen LogP contribution is 2.35. The van der Waals surface area contributed by atoms with E-state index in [1.807, 2.05) is 0 Å². The molecule has 124 valence electrons. The molecule has 0 saturated heterocycles. The number of amides is 1. The van der Waals surface area contributed by atoms with Crippen LogP contribution in [-0.2, 0) is 6.18 Å². The van der Waals surface area contributed by atoms with Crippen LogP contribution in [0.3, 0.4) is 0 Å². The molecule has 2 heterocycles. The summed E-state index contributed by atoms with van der Waals surface area (Å²) in [6, 6.07) is 6.09. The highest BCUT2D eigenvalue weighted by Gasteiger charge is 2.35. The van der Waals surface area contributed by atoms with Gasteiger partial charge in [0.15, 0.2) is 0 Å². The van der Waals surface area contributed by atoms with Gasteiger partial charge in [-0.15, -0.1) is 0 Å². The number of aromatic amines is 1. The van der Waals surface area contributed by atoms with Crippen LogP contribution in [0.5, 0.6) is 5.75 Å². The van der Waals surface area contributed by atoms with Crippen LogP contribution in [0.1, 0.15) is 15.9 Å². The van der Waals surface area contributed by atoms with Crippen LogP contribution in [0, 0.1) is 0 Å². The number of carbonyl (C=O) groups excluding carboxylic acids is 1. The number of H-pyrrole nitrogens is 1. The Morgan fingerprint density at radius 1 is 1.25 bits per heavy atom. The minimum absolute atomic E-state index is 0.297. The smallest absolute Gasteiger partial charge is 0.418 e. The summed E-state index contributed by atoms with van der Waals surface area (Å²) in [4.78, 5) is 18.8. The van der Waals surface area contributed by atoms with E-state index in [2.05, 4.69) is 15.3 Å². The molecule has 24 heavy (non-hydrogen) atoms. The average Bonchev–Trinajstić information content (AvgIpc) is 3.03. The lowest BCUT2D eigenvalue weighted by molar-refractivity contribution is -0.138. The summed E-state index contributed by atoms with van der Waals surface area (Å²) >= 11 is 0. The SMILES string of the molecule is COc1ccc2[nH]ccc2c1NC(=O)c1ccncc1C(F)(F)F. The van der Waals surface area contributed by atoms with Gasteiger partial charge in [-0.1, -0.05) is 0 Å². The van der Waals surface area contributed by atoms with Gasteiger partial charge in [0.1, 0.15) is 5.75 Å². The van der Waals surface area contributed by atoms with Crippen molar-refractivity contribution in [2.75, 3.05) is 12.4 Å². The van der Waals surface area contributed by atoms with E-state index in [0.29, 0.717) is 23.0 Å². The third-order valence-electron chi connectivity index (χ3n) is 3.53. The van der Waals surface area contributed by atoms with Gasteiger partial charge in [-0.3, -0.25) is 9.78 Å². The van der Waals surface area contributed by atoms with Gasteiger partial charge in [0.05, 0.1) is 23.9 Å². The van der Waals surface area contributed by atoms with E-state index >= 15 is 0 Å². The molecule has 8 heteroatoms. The van der Waals surface area contributed by atoms with Crippen LogP contribution in [0.4, 0.5) is 18.9 Å². The summed E-state index contributed by atoms with van der Waals surface area (Å²) in [5.74, 6) is -0.546. The van der Waals surface area contributed by atoms with E-state index in [0.717, 1.165) is 17.8 Å². The summed E-state index contributed by atoms with van der Waals surface area (Å²) in [6.45, 7) is 0. The van der Waals surface area contributed by atoms with Gasteiger partial charge in [-0.05, 0) is 24.3 Å². The van der Waals surface area contributed by atoms with Gasteiger partial charge in [-0.2, -0.15) is 13.2 Å². The fourth-order valence-corrected chi connectivity index (χ4v) is 2.41. The van der Waals surface area contributed by atoms with E-state index in [4.69, 9.17) is 4.74 Å². The van der Waals surface area contributed by atoms with Gasteiger partial charge >= 0.3 is 6.18 Å². The van der Waals surface area contributed by atoms with Crippen LogP contribution >= 0.6 is 0 Å². The Labute approximate surface area is 134 Å². The van der Waals surface area contributed by atoms with Crippen molar-refractivity contribution < 1.29 is 22.7 Å². The Balaban J connectivity index is 2.04. The third kappa shape index (κ3) is 2.78. The average molecular weight is 335 g/mol. The Morgan fingerprint density at radius 3 is 2.75 bits per heavy atom. The molecule has 0 radical (unpaired) electrons. The molecule has 0 atom stereocenters. The van der Waals surface area contributed by atoms with Crippen molar-refractivity contribution in [1.82, 2.24) is 9.97 Å². The Hall–Kier alpha value is -3.03. The number of alkyl halides is 3. The molecule has 1 aromatic carbocycles. The largest absolute Gasteiger partial charge is 0.495 e. The molecule has 2 aromatic heterocycles. The topological polar surface area (TPSA) is 67.0 Å². The van der Waals surface area contributed by atoms with Crippen molar-refractivity contribution in [2.45, 2.75) is 6.18 Å². The summed E-state index contributed by atoms with van der Waals surface area (Å²) in [5.41, 5.74) is -0.585. The van der Waals surface area contributed by atoms with Crippen molar-refractivity contribution >= 4 is 22.5 Å². The highest BCUT2D eigenvalue weighted by atomic mass is 19.4. The quantitative estimate of drug-likeness (QED) is 0.764. The number of hydrogen-bond acceptors (Lipinski definition) is 3. The zero-order valence-electron chi connectivity index (χ0n) is 12.4. The Kier molecular flexibility index (Phi) is 3.88. The van der Waals surface area contributed by atoms with Gasteiger partial charge < -0.3 is 15.0 Å². The number of pyridine rings is 1. The predicted molar refractivity (Wildman–Crippen MR) is 82.0 cm³/mol. The molecular formula is C16H12F3N3O2. The van der Waals surface area contributed by atoms with Crippen LogP contribution < -0.4 is 10.1 Å². The minimum Gasteiger partial charge on any atom is -0.495 e. The van der Waals surface area contributed by atoms with Crippen LogP contribution in [-0.4, -0.2) is 23.0 Å². The molecule has 2 N–H and O–H groups in total. The summed E-state index contributed by atoms with van der Waals surface area (Å²) in [6.07, 6.45) is -1.25.